The average Bonchev–Trinajstić information content (AvgIpc) is 3.18. The largest absolute Gasteiger partial charge is 0.290 e. The van der Waals surface area contributed by atoms with Crippen molar-refractivity contribution in [2.45, 2.75) is 17.6 Å². The third-order valence-electron chi connectivity index (χ3n) is 6.53. The van der Waals surface area contributed by atoms with E-state index < -0.39 is 11.4 Å². The van der Waals surface area contributed by atoms with E-state index in [9.17, 15) is 9.18 Å². The minimum Gasteiger partial charge on any atom is -0.290 e. The molecule has 4 aromatic carbocycles. The van der Waals surface area contributed by atoms with E-state index in [0.29, 0.717) is 11.3 Å². The first kappa shape index (κ1) is 19.0. The second kappa shape index (κ2) is 7.14. The van der Waals surface area contributed by atoms with E-state index in [4.69, 9.17) is 4.84 Å². The number of benzene rings is 4. The molecule has 0 amide bonds. The standard InChI is InChI=1S/C28H20FNO2/c29-22-16-17-24-23(18-22)27(31)28(21-14-8-3-9-15-21)25(19-10-4-1-5-11-19)26(30(24)32-28)20-12-6-2-7-13-20/h1-18,25-26H/t25-,26+,28-/m1/s1. The Balaban J connectivity index is 1.70. The molecule has 2 aliphatic heterocycles. The number of ketones is 1. The molecule has 0 unspecified atom stereocenters. The van der Waals surface area contributed by atoms with Gasteiger partial charge in [-0.15, -0.1) is 0 Å². The van der Waals surface area contributed by atoms with Crippen LogP contribution in [-0.2, 0) is 10.4 Å². The molecule has 1 fully saturated rings. The van der Waals surface area contributed by atoms with Crippen molar-refractivity contribution in [1.29, 1.82) is 0 Å². The number of carbonyl (C=O) groups is 1. The number of anilines is 1. The number of hydroxylamine groups is 1. The molecule has 0 N–H and O–H groups in total. The first-order chi connectivity index (χ1) is 15.7. The van der Waals surface area contributed by atoms with Gasteiger partial charge in [0.15, 0.2) is 5.60 Å². The smallest absolute Gasteiger partial charge is 0.204 e. The molecule has 0 aromatic heterocycles. The van der Waals surface area contributed by atoms with Crippen molar-refractivity contribution in [2.24, 2.45) is 0 Å². The van der Waals surface area contributed by atoms with Crippen LogP contribution in [0.4, 0.5) is 10.1 Å². The predicted octanol–water partition coefficient (Wildman–Crippen LogP) is 6.19. The molecule has 0 saturated carbocycles. The third kappa shape index (κ3) is 2.60. The van der Waals surface area contributed by atoms with Crippen molar-refractivity contribution in [3.05, 3.63) is 137 Å². The van der Waals surface area contributed by atoms with Gasteiger partial charge in [0.2, 0.25) is 5.78 Å². The SMILES string of the molecule is O=C1c2cc(F)ccc2N2O[C@]1(c1ccccc1)[C@H](c1ccccc1)[C@@H]2c1ccccc1. The maximum absolute atomic E-state index is 14.3. The van der Waals surface area contributed by atoms with Crippen LogP contribution in [0.1, 0.15) is 39.0 Å². The Kier molecular flexibility index (Phi) is 4.23. The van der Waals surface area contributed by atoms with Crippen LogP contribution in [0.5, 0.6) is 0 Å². The van der Waals surface area contributed by atoms with Gasteiger partial charge in [0.05, 0.1) is 17.6 Å². The highest BCUT2D eigenvalue weighted by molar-refractivity contribution is 6.10. The van der Waals surface area contributed by atoms with E-state index in [1.54, 1.807) is 6.07 Å². The number of hydrogen-bond acceptors (Lipinski definition) is 3. The summed E-state index contributed by atoms with van der Waals surface area (Å²) >= 11 is 0. The molecule has 4 aromatic rings. The van der Waals surface area contributed by atoms with Gasteiger partial charge in [-0.25, -0.2) is 9.45 Å². The second-order valence-corrected chi connectivity index (χ2v) is 8.25. The molecular formula is C28H20FNO2. The van der Waals surface area contributed by atoms with Crippen molar-refractivity contribution in [3.8, 4) is 0 Å². The summed E-state index contributed by atoms with van der Waals surface area (Å²) < 4.78 is 14.3. The summed E-state index contributed by atoms with van der Waals surface area (Å²) in [4.78, 5) is 20.8. The number of fused-ring (bicyclic) bond motifs is 4. The first-order valence-corrected chi connectivity index (χ1v) is 10.7. The van der Waals surface area contributed by atoms with Crippen molar-refractivity contribution in [2.75, 3.05) is 5.06 Å². The maximum Gasteiger partial charge on any atom is 0.204 e. The van der Waals surface area contributed by atoms with Gasteiger partial charge in [0.25, 0.3) is 0 Å². The van der Waals surface area contributed by atoms with E-state index in [1.165, 1.54) is 12.1 Å². The lowest BCUT2D eigenvalue weighted by Gasteiger charge is -2.36. The molecule has 0 spiro atoms. The molecule has 4 heteroatoms. The van der Waals surface area contributed by atoms with Crippen LogP contribution in [0, 0.1) is 5.82 Å². The summed E-state index contributed by atoms with van der Waals surface area (Å²) in [5, 5.41) is 1.82. The molecule has 2 bridgehead atoms. The van der Waals surface area contributed by atoms with Crippen LogP contribution in [0.3, 0.4) is 0 Å². The van der Waals surface area contributed by atoms with Crippen LogP contribution in [0.15, 0.2) is 109 Å². The number of Topliss-reactive ketones (excluding diaryl/α,β-unsaturated/α-hetero) is 1. The third-order valence-corrected chi connectivity index (χ3v) is 6.53. The van der Waals surface area contributed by atoms with Gasteiger partial charge in [0, 0.05) is 5.56 Å². The van der Waals surface area contributed by atoms with Crippen LogP contribution in [-0.4, -0.2) is 5.78 Å². The van der Waals surface area contributed by atoms with Crippen LogP contribution >= 0.6 is 0 Å². The van der Waals surface area contributed by atoms with E-state index in [0.717, 1.165) is 16.7 Å². The van der Waals surface area contributed by atoms with Crippen molar-refractivity contribution in [3.63, 3.8) is 0 Å². The number of nitrogens with zero attached hydrogens (tertiary/aromatic N) is 1. The molecule has 2 aliphatic rings. The highest BCUT2D eigenvalue weighted by atomic mass is 19.1. The van der Waals surface area contributed by atoms with Crippen LogP contribution in [0.25, 0.3) is 0 Å². The van der Waals surface area contributed by atoms with Gasteiger partial charge >= 0.3 is 0 Å². The molecule has 32 heavy (non-hydrogen) atoms. The Morgan fingerprint density at radius 1 is 0.750 bits per heavy atom. The van der Waals surface area contributed by atoms with Gasteiger partial charge in [-0.1, -0.05) is 91.0 Å². The molecule has 156 valence electrons. The lowest BCUT2D eigenvalue weighted by atomic mass is 9.70. The first-order valence-electron chi connectivity index (χ1n) is 10.7. The monoisotopic (exact) mass is 421 g/mol. The summed E-state index contributed by atoms with van der Waals surface area (Å²) in [5.74, 6) is -0.992. The molecule has 6 rings (SSSR count). The highest BCUT2D eigenvalue weighted by Crippen LogP contribution is 2.61. The summed E-state index contributed by atoms with van der Waals surface area (Å²) in [6.07, 6.45) is 0. The topological polar surface area (TPSA) is 29.5 Å². The maximum atomic E-state index is 14.3. The van der Waals surface area contributed by atoms with Crippen molar-refractivity contribution >= 4 is 11.5 Å². The molecule has 3 nitrogen and oxygen atoms in total. The molecule has 3 atom stereocenters. The normalized spacial score (nSPS) is 23.8. The van der Waals surface area contributed by atoms with Gasteiger partial charge < -0.3 is 0 Å². The minimum atomic E-state index is -1.30. The minimum absolute atomic E-state index is 0.221. The fourth-order valence-electron chi connectivity index (χ4n) is 5.20. The Hall–Kier alpha value is -3.76. The van der Waals surface area contributed by atoms with Crippen LogP contribution in [0.2, 0.25) is 0 Å². The zero-order valence-electron chi connectivity index (χ0n) is 17.2. The summed E-state index contributed by atoms with van der Waals surface area (Å²) in [5.41, 5.74) is 2.43. The second-order valence-electron chi connectivity index (χ2n) is 8.25. The van der Waals surface area contributed by atoms with Gasteiger partial charge in [-0.2, -0.15) is 0 Å². The lowest BCUT2D eigenvalue weighted by Crippen LogP contribution is -2.44. The fourth-order valence-corrected chi connectivity index (χ4v) is 5.20. The van der Waals surface area contributed by atoms with Crippen LogP contribution < -0.4 is 5.06 Å². The number of halogens is 1. The Morgan fingerprint density at radius 3 is 2.00 bits per heavy atom. The lowest BCUT2D eigenvalue weighted by molar-refractivity contribution is -0.0162. The summed E-state index contributed by atoms with van der Waals surface area (Å²) in [6.45, 7) is 0. The summed E-state index contributed by atoms with van der Waals surface area (Å²) in [7, 11) is 0. The predicted molar refractivity (Wildman–Crippen MR) is 121 cm³/mol. The van der Waals surface area contributed by atoms with Gasteiger partial charge in [-0.05, 0) is 34.9 Å². The molecular weight excluding hydrogens is 401 g/mol. The molecule has 0 aliphatic carbocycles. The average molecular weight is 421 g/mol. The van der Waals surface area contributed by atoms with Crippen molar-refractivity contribution < 1.29 is 14.0 Å². The van der Waals surface area contributed by atoms with Crippen molar-refractivity contribution in [1.82, 2.24) is 0 Å². The Morgan fingerprint density at radius 2 is 1.34 bits per heavy atom. The number of carbonyl (C=O) groups excluding carboxylic acids is 1. The van der Waals surface area contributed by atoms with Gasteiger partial charge in [-0.3, -0.25) is 9.63 Å². The zero-order valence-corrected chi connectivity index (χ0v) is 17.2. The van der Waals surface area contributed by atoms with E-state index in [1.807, 2.05) is 83.9 Å². The quantitative estimate of drug-likeness (QED) is 0.395. The molecule has 2 heterocycles. The Labute approximate surface area is 185 Å². The summed E-state index contributed by atoms with van der Waals surface area (Å²) in [6, 6.07) is 33.7. The fraction of sp³-hybridized carbons (Fsp3) is 0.107. The van der Waals surface area contributed by atoms with E-state index in [-0.39, 0.29) is 17.7 Å². The van der Waals surface area contributed by atoms with E-state index >= 15 is 0 Å². The Bertz CT molecular complexity index is 1290. The van der Waals surface area contributed by atoms with E-state index in [2.05, 4.69) is 12.1 Å². The molecule has 1 saturated heterocycles. The number of hydrogen-bond donors (Lipinski definition) is 0. The number of rotatable bonds is 3. The molecule has 0 radical (unpaired) electrons. The zero-order chi connectivity index (χ0) is 21.7. The highest BCUT2D eigenvalue weighted by Gasteiger charge is 2.64. The van der Waals surface area contributed by atoms with Gasteiger partial charge in [0.1, 0.15) is 5.82 Å².